The van der Waals surface area contributed by atoms with E-state index in [1.54, 1.807) is 0 Å². The van der Waals surface area contributed by atoms with Crippen molar-refractivity contribution in [2.75, 3.05) is 13.1 Å². The van der Waals surface area contributed by atoms with Crippen molar-refractivity contribution in [3.05, 3.63) is 71.8 Å². The van der Waals surface area contributed by atoms with Gasteiger partial charge in [-0.15, -0.1) is 0 Å². The number of likely N-dealkylation sites (tertiary alicyclic amines) is 1. The molecular formula is C26H32N2O5. The highest BCUT2D eigenvalue weighted by Crippen LogP contribution is 2.23. The number of aliphatic carboxylic acids is 1. The lowest BCUT2D eigenvalue weighted by atomic mass is 10.0. The molecule has 7 nitrogen and oxygen atoms in total. The zero-order valence-electron chi connectivity index (χ0n) is 19.2. The first kappa shape index (κ1) is 24.3. The minimum absolute atomic E-state index is 0.0918. The molecular weight excluding hydrogens is 420 g/mol. The molecule has 1 N–H and O–H groups in total. The van der Waals surface area contributed by atoms with Gasteiger partial charge in [-0.2, -0.15) is 0 Å². The van der Waals surface area contributed by atoms with E-state index in [1.165, 1.54) is 9.80 Å². The second kappa shape index (κ2) is 11.5. The van der Waals surface area contributed by atoms with Gasteiger partial charge >= 0.3 is 12.1 Å². The van der Waals surface area contributed by atoms with Crippen LogP contribution in [0.3, 0.4) is 0 Å². The lowest BCUT2D eigenvalue weighted by Gasteiger charge is -2.35. The second-order valence-electron chi connectivity index (χ2n) is 8.82. The number of rotatable bonds is 9. The van der Waals surface area contributed by atoms with Gasteiger partial charge < -0.3 is 14.7 Å². The first-order chi connectivity index (χ1) is 15.9. The Bertz CT molecular complexity index is 932. The number of ether oxygens (including phenoxy) is 1. The predicted octanol–water partition coefficient (Wildman–Crippen LogP) is 3.97. The Morgan fingerprint density at radius 2 is 1.64 bits per heavy atom. The van der Waals surface area contributed by atoms with Crippen LogP contribution in [0.2, 0.25) is 0 Å². The van der Waals surface area contributed by atoms with Crippen molar-refractivity contribution in [3.8, 4) is 0 Å². The Morgan fingerprint density at radius 1 is 1.03 bits per heavy atom. The fraction of sp³-hybridized carbons (Fsp3) is 0.423. The molecule has 176 valence electrons. The molecule has 0 unspecified atom stereocenters. The van der Waals surface area contributed by atoms with Gasteiger partial charge in [-0.05, 0) is 29.9 Å². The summed E-state index contributed by atoms with van der Waals surface area (Å²) in [4.78, 5) is 41.5. The van der Waals surface area contributed by atoms with E-state index in [1.807, 2.05) is 74.5 Å². The number of carboxylic acid groups (broad SMARTS) is 1. The molecule has 1 fully saturated rings. The molecule has 2 amide bonds. The van der Waals surface area contributed by atoms with Crippen LogP contribution in [0.15, 0.2) is 60.7 Å². The molecule has 2 atom stereocenters. The predicted molar refractivity (Wildman–Crippen MR) is 124 cm³/mol. The number of carboxylic acids is 1. The molecule has 1 heterocycles. The summed E-state index contributed by atoms with van der Waals surface area (Å²) in [5, 5.41) is 9.61. The fourth-order valence-corrected chi connectivity index (χ4v) is 4.17. The summed E-state index contributed by atoms with van der Waals surface area (Å²) in [5.74, 6) is -1.27. The van der Waals surface area contributed by atoms with Crippen molar-refractivity contribution in [2.24, 2.45) is 5.92 Å². The average Bonchev–Trinajstić information content (AvgIpc) is 3.31. The maximum Gasteiger partial charge on any atom is 0.410 e. The van der Waals surface area contributed by atoms with Crippen LogP contribution >= 0.6 is 0 Å². The van der Waals surface area contributed by atoms with E-state index in [9.17, 15) is 19.5 Å². The van der Waals surface area contributed by atoms with Gasteiger partial charge in [-0.1, -0.05) is 74.5 Å². The van der Waals surface area contributed by atoms with E-state index in [0.29, 0.717) is 25.9 Å². The molecule has 7 heteroatoms. The molecule has 2 aromatic carbocycles. The Balaban J connectivity index is 1.88. The summed E-state index contributed by atoms with van der Waals surface area (Å²) in [6.07, 6.45) is 0.758. The van der Waals surface area contributed by atoms with Crippen LogP contribution < -0.4 is 0 Å². The van der Waals surface area contributed by atoms with Crippen molar-refractivity contribution >= 4 is 18.0 Å². The quantitative estimate of drug-likeness (QED) is 0.622. The molecule has 0 aromatic heterocycles. The standard InChI is InChI=1S/C26H32N2O5/c1-19(2)17-28(26(32)33-18-21-12-7-4-8-13-21)23(16-20-10-5-3-6-11-20)24(29)27-15-9-14-22(27)25(30)31/h3-8,10-13,19,22-23H,9,14-18H2,1-2H3,(H,30,31)/t22-,23+/m0/s1. The largest absolute Gasteiger partial charge is 0.480 e. The van der Waals surface area contributed by atoms with Gasteiger partial charge in [0.2, 0.25) is 5.91 Å². The van der Waals surface area contributed by atoms with E-state index in [-0.39, 0.29) is 24.9 Å². The monoisotopic (exact) mass is 452 g/mol. The second-order valence-corrected chi connectivity index (χ2v) is 8.82. The van der Waals surface area contributed by atoms with Crippen LogP contribution in [0, 0.1) is 5.92 Å². The van der Waals surface area contributed by atoms with Crippen LogP contribution in [-0.2, 0) is 27.4 Å². The number of nitrogens with zero attached hydrogens (tertiary/aromatic N) is 2. The van der Waals surface area contributed by atoms with E-state index in [0.717, 1.165) is 11.1 Å². The van der Waals surface area contributed by atoms with Gasteiger partial charge in [0.15, 0.2) is 0 Å². The van der Waals surface area contributed by atoms with E-state index in [4.69, 9.17) is 4.74 Å². The van der Waals surface area contributed by atoms with Gasteiger partial charge in [-0.25, -0.2) is 9.59 Å². The zero-order chi connectivity index (χ0) is 23.8. The summed E-state index contributed by atoms with van der Waals surface area (Å²) in [6.45, 7) is 4.73. The summed E-state index contributed by atoms with van der Waals surface area (Å²) in [7, 11) is 0. The molecule has 0 aliphatic carbocycles. The van der Waals surface area contributed by atoms with E-state index in [2.05, 4.69) is 0 Å². The summed E-state index contributed by atoms with van der Waals surface area (Å²) >= 11 is 0. The van der Waals surface area contributed by atoms with E-state index < -0.39 is 24.1 Å². The lowest BCUT2D eigenvalue weighted by molar-refractivity contribution is -0.150. The number of carbonyl (C=O) groups excluding carboxylic acids is 2. The van der Waals surface area contributed by atoms with Gasteiger partial charge in [0, 0.05) is 19.5 Å². The average molecular weight is 453 g/mol. The van der Waals surface area contributed by atoms with Crippen molar-refractivity contribution in [3.63, 3.8) is 0 Å². The molecule has 3 rings (SSSR count). The van der Waals surface area contributed by atoms with Crippen LogP contribution in [0.1, 0.15) is 37.8 Å². The number of carbonyl (C=O) groups is 3. The first-order valence-corrected chi connectivity index (χ1v) is 11.4. The number of hydrogen-bond donors (Lipinski definition) is 1. The van der Waals surface area contributed by atoms with Crippen LogP contribution in [0.5, 0.6) is 0 Å². The van der Waals surface area contributed by atoms with Crippen LogP contribution in [0.25, 0.3) is 0 Å². The number of amides is 2. The van der Waals surface area contributed by atoms with Gasteiger partial charge in [-0.3, -0.25) is 9.69 Å². The molecule has 2 aromatic rings. The third-order valence-electron chi connectivity index (χ3n) is 5.76. The van der Waals surface area contributed by atoms with E-state index >= 15 is 0 Å². The highest BCUT2D eigenvalue weighted by molar-refractivity contribution is 5.90. The molecule has 1 saturated heterocycles. The Hall–Kier alpha value is -3.35. The fourth-order valence-electron chi connectivity index (χ4n) is 4.17. The number of hydrogen-bond acceptors (Lipinski definition) is 4. The highest BCUT2D eigenvalue weighted by atomic mass is 16.6. The maximum absolute atomic E-state index is 13.7. The van der Waals surface area contributed by atoms with Gasteiger partial charge in [0.05, 0.1) is 0 Å². The third-order valence-corrected chi connectivity index (χ3v) is 5.76. The third kappa shape index (κ3) is 6.57. The summed E-state index contributed by atoms with van der Waals surface area (Å²) < 4.78 is 5.60. The Labute approximate surface area is 195 Å². The minimum Gasteiger partial charge on any atom is -0.480 e. The molecule has 0 radical (unpaired) electrons. The molecule has 33 heavy (non-hydrogen) atoms. The van der Waals surface area contributed by atoms with Crippen molar-refractivity contribution in [1.82, 2.24) is 9.80 Å². The topological polar surface area (TPSA) is 87.2 Å². The van der Waals surface area contributed by atoms with Crippen molar-refractivity contribution in [2.45, 2.75) is 51.8 Å². The molecule has 1 aliphatic heterocycles. The van der Waals surface area contributed by atoms with Gasteiger partial charge in [0.1, 0.15) is 18.7 Å². The van der Waals surface area contributed by atoms with Crippen LogP contribution in [0.4, 0.5) is 4.79 Å². The minimum atomic E-state index is -1.01. The van der Waals surface area contributed by atoms with Gasteiger partial charge in [0.25, 0.3) is 0 Å². The Morgan fingerprint density at radius 3 is 2.21 bits per heavy atom. The van der Waals surface area contributed by atoms with Crippen molar-refractivity contribution in [1.29, 1.82) is 0 Å². The lowest BCUT2D eigenvalue weighted by Crippen LogP contribution is -2.55. The van der Waals surface area contributed by atoms with Crippen LogP contribution in [-0.4, -0.2) is 58.0 Å². The highest BCUT2D eigenvalue weighted by Gasteiger charge is 2.41. The first-order valence-electron chi connectivity index (χ1n) is 11.4. The maximum atomic E-state index is 13.7. The normalized spacial score (nSPS) is 16.5. The summed E-state index contributed by atoms with van der Waals surface area (Å²) in [5.41, 5.74) is 1.75. The Kier molecular flexibility index (Phi) is 8.46. The molecule has 0 spiro atoms. The molecule has 0 saturated carbocycles. The molecule has 0 bridgehead atoms. The number of benzene rings is 2. The van der Waals surface area contributed by atoms with Crippen molar-refractivity contribution < 1.29 is 24.2 Å². The SMILES string of the molecule is CC(C)CN(C(=O)OCc1ccccc1)[C@H](Cc1ccccc1)C(=O)N1CCC[C@H]1C(=O)O. The zero-order valence-corrected chi connectivity index (χ0v) is 19.2. The molecule has 1 aliphatic rings. The summed E-state index contributed by atoms with van der Waals surface area (Å²) in [6, 6.07) is 17.1. The smallest absolute Gasteiger partial charge is 0.410 e.